The minimum atomic E-state index is -0.357. The van der Waals surface area contributed by atoms with Crippen LogP contribution in [0.5, 0.6) is 0 Å². The van der Waals surface area contributed by atoms with Crippen LogP contribution in [0.25, 0.3) is 0 Å². The van der Waals surface area contributed by atoms with Gasteiger partial charge in [-0.25, -0.2) is 4.98 Å². The molecule has 0 bridgehead atoms. The number of rotatable bonds is 5. The van der Waals surface area contributed by atoms with Crippen LogP contribution >= 0.6 is 22.6 Å². The summed E-state index contributed by atoms with van der Waals surface area (Å²) in [5, 5.41) is 0. The summed E-state index contributed by atoms with van der Waals surface area (Å²) in [5.41, 5.74) is 4.30. The molecule has 0 N–H and O–H groups in total. The van der Waals surface area contributed by atoms with Crippen LogP contribution in [0.1, 0.15) is 52.4 Å². The van der Waals surface area contributed by atoms with Gasteiger partial charge < -0.3 is 9.64 Å². The van der Waals surface area contributed by atoms with Crippen LogP contribution < -0.4 is 4.90 Å². The van der Waals surface area contributed by atoms with E-state index in [1.54, 1.807) is 24.0 Å². The third-order valence-corrected chi connectivity index (χ3v) is 6.71. The number of hydrogen-bond donors (Lipinski definition) is 0. The number of methoxy groups -OCH3 is 1. The third-order valence-electron chi connectivity index (χ3n) is 5.55. The molecule has 160 valence electrons. The number of aryl methyl sites for hydroxylation is 1. The Balaban J connectivity index is 1.82. The molecule has 1 aromatic heterocycles. The number of nitrogens with zero attached hydrogens (tertiary/aromatic N) is 3. The Morgan fingerprint density at radius 2 is 2.13 bits per heavy atom. The molecule has 6 nitrogen and oxygen atoms in total. The van der Waals surface area contributed by atoms with Crippen molar-refractivity contribution >= 4 is 45.9 Å². The highest BCUT2D eigenvalue weighted by Gasteiger charge is 2.33. The maximum absolute atomic E-state index is 13.3. The van der Waals surface area contributed by atoms with Crippen LogP contribution in [0.3, 0.4) is 0 Å². The van der Waals surface area contributed by atoms with Crippen molar-refractivity contribution in [3.05, 3.63) is 50.2 Å². The number of carbonyl (C=O) groups is 2. The van der Waals surface area contributed by atoms with Gasteiger partial charge in [0, 0.05) is 36.3 Å². The SMILES string of the molecule is COCCC#CC(=O)N(c1ccc2c(n1)C(=O)N(C)C2)c1cc(C)c(I)cc1C1CC1. The normalized spacial score (nSPS) is 14.8. The van der Waals surface area contributed by atoms with E-state index in [1.165, 1.54) is 3.57 Å². The molecule has 7 heteroatoms. The molecular formula is C24H24IN3O3. The quantitative estimate of drug-likeness (QED) is 0.332. The average Bonchev–Trinajstić information content (AvgIpc) is 3.55. The van der Waals surface area contributed by atoms with E-state index in [2.05, 4.69) is 45.5 Å². The summed E-state index contributed by atoms with van der Waals surface area (Å²) < 4.78 is 6.20. The van der Waals surface area contributed by atoms with Crippen molar-refractivity contribution in [1.82, 2.24) is 9.88 Å². The smallest absolute Gasteiger partial charge is 0.308 e. The highest BCUT2D eigenvalue weighted by Crippen LogP contribution is 2.46. The predicted octanol–water partition coefficient (Wildman–Crippen LogP) is 4.16. The Hall–Kier alpha value is -2.44. The second-order valence-corrected chi connectivity index (χ2v) is 9.12. The van der Waals surface area contributed by atoms with Crippen LogP contribution in [0.15, 0.2) is 24.3 Å². The van der Waals surface area contributed by atoms with Gasteiger partial charge in [-0.15, -0.1) is 0 Å². The summed E-state index contributed by atoms with van der Waals surface area (Å²) in [6, 6.07) is 7.89. The molecule has 31 heavy (non-hydrogen) atoms. The first-order valence-electron chi connectivity index (χ1n) is 10.3. The molecular weight excluding hydrogens is 505 g/mol. The molecule has 0 saturated heterocycles. The van der Waals surface area contributed by atoms with E-state index in [0.29, 0.717) is 37.0 Å². The summed E-state index contributed by atoms with van der Waals surface area (Å²) in [4.78, 5) is 33.7. The van der Waals surface area contributed by atoms with Crippen molar-refractivity contribution in [1.29, 1.82) is 0 Å². The van der Waals surface area contributed by atoms with Crippen LogP contribution in [0.2, 0.25) is 0 Å². The van der Waals surface area contributed by atoms with Crippen molar-refractivity contribution in [2.24, 2.45) is 0 Å². The summed E-state index contributed by atoms with van der Waals surface area (Å²) in [7, 11) is 3.36. The Bertz CT molecular complexity index is 1120. The van der Waals surface area contributed by atoms with Crippen molar-refractivity contribution < 1.29 is 14.3 Å². The van der Waals surface area contributed by atoms with Crippen LogP contribution in [0, 0.1) is 22.3 Å². The van der Waals surface area contributed by atoms with Gasteiger partial charge >= 0.3 is 5.91 Å². The standard InChI is InChI=1S/C24H24IN3O3/c1-15-12-20(18(13-19(15)25)16-7-8-16)28(22(29)6-4-5-11-31-3)21-10-9-17-14-27(2)24(30)23(17)26-21/h9-10,12-13,16H,5,7-8,11,14H2,1-3H3. The van der Waals surface area contributed by atoms with E-state index in [9.17, 15) is 9.59 Å². The summed E-state index contributed by atoms with van der Waals surface area (Å²) in [6.07, 6.45) is 2.68. The topological polar surface area (TPSA) is 62.7 Å². The van der Waals surface area contributed by atoms with E-state index in [0.717, 1.165) is 35.2 Å². The average molecular weight is 529 g/mol. The first-order valence-corrected chi connectivity index (χ1v) is 11.4. The maximum Gasteiger partial charge on any atom is 0.308 e. The number of ether oxygens (including phenoxy) is 1. The minimum absolute atomic E-state index is 0.128. The van der Waals surface area contributed by atoms with Crippen LogP contribution in [-0.2, 0) is 16.1 Å². The van der Waals surface area contributed by atoms with Gasteiger partial charge in [0.15, 0.2) is 0 Å². The molecule has 2 aromatic rings. The highest BCUT2D eigenvalue weighted by molar-refractivity contribution is 14.1. The first-order chi connectivity index (χ1) is 14.9. The third kappa shape index (κ3) is 4.46. The fraction of sp³-hybridized carbons (Fsp3) is 0.375. The van der Waals surface area contributed by atoms with E-state index >= 15 is 0 Å². The second kappa shape index (κ2) is 8.97. The zero-order valence-corrected chi connectivity index (χ0v) is 20.0. The highest BCUT2D eigenvalue weighted by atomic mass is 127. The van der Waals surface area contributed by atoms with Gasteiger partial charge in [0.2, 0.25) is 0 Å². The number of carbonyl (C=O) groups excluding carboxylic acids is 2. The summed E-state index contributed by atoms with van der Waals surface area (Å²) >= 11 is 2.33. The van der Waals surface area contributed by atoms with Gasteiger partial charge in [0.05, 0.1) is 12.3 Å². The van der Waals surface area contributed by atoms with Crippen molar-refractivity contribution in [2.75, 3.05) is 25.7 Å². The molecule has 0 unspecified atom stereocenters. The van der Waals surface area contributed by atoms with Crippen molar-refractivity contribution in [2.45, 2.75) is 38.6 Å². The van der Waals surface area contributed by atoms with Gasteiger partial charge in [-0.1, -0.05) is 12.0 Å². The van der Waals surface area contributed by atoms with Gasteiger partial charge in [-0.3, -0.25) is 14.5 Å². The molecule has 4 rings (SSSR count). The van der Waals surface area contributed by atoms with Gasteiger partial charge in [0.25, 0.3) is 5.91 Å². The number of pyridine rings is 1. The summed E-state index contributed by atoms with van der Waals surface area (Å²) in [5.74, 6) is 6.01. The van der Waals surface area contributed by atoms with E-state index < -0.39 is 0 Å². The molecule has 2 amide bonds. The molecule has 1 aromatic carbocycles. The zero-order chi connectivity index (χ0) is 22.1. The number of aromatic nitrogens is 1. The number of amides is 2. The Kier molecular flexibility index (Phi) is 6.30. The second-order valence-electron chi connectivity index (χ2n) is 7.96. The lowest BCUT2D eigenvalue weighted by Gasteiger charge is -2.24. The zero-order valence-electron chi connectivity index (χ0n) is 17.9. The van der Waals surface area contributed by atoms with Crippen LogP contribution in [-0.4, -0.2) is 42.5 Å². The summed E-state index contributed by atoms with van der Waals surface area (Å²) in [6.45, 7) is 3.03. The lowest BCUT2D eigenvalue weighted by atomic mass is 10.0. The van der Waals surface area contributed by atoms with Gasteiger partial charge in [-0.2, -0.15) is 0 Å². The molecule has 1 saturated carbocycles. The van der Waals surface area contributed by atoms with E-state index in [1.807, 2.05) is 25.1 Å². The Morgan fingerprint density at radius 1 is 1.35 bits per heavy atom. The number of benzene rings is 1. The monoisotopic (exact) mass is 529 g/mol. The van der Waals surface area contributed by atoms with Crippen LogP contribution in [0.4, 0.5) is 11.5 Å². The molecule has 1 aliphatic heterocycles. The Morgan fingerprint density at radius 3 is 2.84 bits per heavy atom. The number of hydrogen-bond acceptors (Lipinski definition) is 4. The minimum Gasteiger partial charge on any atom is -0.384 e. The molecule has 0 radical (unpaired) electrons. The molecule has 1 aliphatic carbocycles. The number of fused-ring (bicyclic) bond motifs is 1. The molecule has 2 aliphatic rings. The van der Waals surface area contributed by atoms with Gasteiger partial charge in [-0.05, 0) is 83.5 Å². The Labute approximate surface area is 196 Å². The number of halogens is 1. The lowest BCUT2D eigenvalue weighted by Crippen LogP contribution is -2.27. The molecule has 2 heterocycles. The maximum atomic E-state index is 13.3. The lowest BCUT2D eigenvalue weighted by molar-refractivity contribution is -0.112. The largest absolute Gasteiger partial charge is 0.384 e. The van der Waals surface area contributed by atoms with Gasteiger partial charge in [0.1, 0.15) is 11.5 Å². The van der Waals surface area contributed by atoms with E-state index in [4.69, 9.17) is 4.74 Å². The van der Waals surface area contributed by atoms with Crippen molar-refractivity contribution in [3.63, 3.8) is 0 Å². The fourth-order valence-corrected chi connectivity index (χ4v) is 4.19. The number of anilines is 2. The predicted molar refractivity (Wildman–Crippen MR) is 127 cm³/mol. The van der Waals surface area contributed by atoms with Crippen molar-refractivity contribution in [3.8, 4) is 11.8 Å². The molecule has 0 atom stereocenters. The molecule has 1 fully saturated rings. The fourth-order valence-electron chi connectivity index (χ4n) is 3.70. The first kappa shape index (κ1) is 21.8. The van der Waals surface area contributed by atoms with E-state index in [-0.39, 0.29) is 11.8 Å². The molecule has 0 spiro atoms.